The van der Waals surface area contributed by atoms with Gasteiger partial charge in [0, 0.05) is 24.4 Å². The number of esters is 1. The van der Waals surface area contributed by atoms with E-state index in [0.717, 1.165) is 6.42 Å². The summed E-state index contributed by atoms with van der Waals surface area (Å²) >= 11 is 0. The van der Waals surface area contributed by atoms with Crippen LogP contribution in [0.5, 0.6) is 0 Å². The minimum absolute atomic E-state index is 0.0111. The predicted octanol–water partition coefficient (Wildman–Crippen LogP) is 8.15. The number of carbonyl (C=O) groups excluding carboxylic acids is 2. The molecule has 1 aliphatic rings. The fraction of sp³-hybridized carbons (Fsp3) is 0.882. The van der Waals surface area contributed by atoms with Crippen molar-refractivity contribution in [2.75, 3.05) is 19.8 Å². The van der Waals surface area contributed by atoms with Gasteiger partial charge >= 0.3 is 5.97 Å². The highest BCUT2D eigenvalue weighted by Crippen LogP contribution is 2.52. The number of ketones is 1. The second kappa shape index (κ2) is 14.9. The third kappa shape index (κ3) is 8.81. The van der Waals surface area contributed by atoms with Crippen LogP contribution in [0.3, 0.4) is 0 Å². The van der Waals surface area contributed by atoms with Gasteiger partial charge in [-0.3, -0.25) is 9.59 Å². The molecule has 2 unspecified atom stereocenters. The van der Waals surface area contributed by atoms with Gasteiger partial charge < -0.3 is 18.7 Å². The second-order valence-corrected chi connectivity index (χ2v) is 26.1. The van der Waals surface area contributed by atoms with Crippen molar-refractivity contribution < 1.29 is 28.3 Å². The maximum Gasteiger partial charge on any atom is 0.317 e. The molecule has 1 fully saturated rings. The van der Waals surface area contributed by atoms with Crippen molar-refractivity contribution in [3.63, 3.8) is 0 Å². The number of carbonyl (C=O) groups is 2. The Kier molecular flexibility index (Phi) is 13.8. The molecule has 4 atom stereocenters. The van der Waals surface area contributed by atoms with Crippen LogP contribution < -0.4 is 0 Å². The highest BCUT2D eigenvalue weighted by molar-refractivity contribution is 6.77. The molecular formula is C34H64O6Si2. The number of ether oxygens (including phenoxy) is 1. The molecule has 0 spiro atoms. The Labute approximate surface area is 260 Å². The minimum Gasteiger partial charge on any atom is -0.465 e. The molecule has 6 nitrogen and oxygen atoms in total. The molecule has 0 radical (unpaired) electrons. The number of hydrogen-bond acceptors (Lipinski definition) is 6. The van der Waals surface area contributed by atoms with Gasteiger partial charge in [-0.2, -0.15) is 0 Å². The van der Waals surface area contributed by atoms with Crippen molar-refractivity contribution >= 4 is 28.4 Å². The Balaban J connectivity index is 3.35. The first-order valence-corrected chi connectivity index (χ1v) is 21.2. The monoisotopic (exact) mass is 624 g/mol. The Bertz CT molecular complexity index is 947. The van der Waals surface area contributed by atoms with E-state index in [1.54, 1.807) is 6.92 Å². The lowest BCUT2D eigenvalue weighted by Gasteiger charge is -2.53. The SMILES string of the molecule is CCOC(=O)C(CC#C[C@]1(C)CCC(O)C(C)(C)[C@H]1CO[Si](C(C)C)(C(C)C)C(C)C)C(=O)CO[Si](C)(C)C(C)(C)C. The molecule has 0 aromatic rings. The van der Waals surface area contributed by atoms with Crippen LogP contribution in [0.25, 0.3) is 0 Å². The predicted molar refractivity (Wildman–Crippen MR) is 178 cm³/mol. The van der Waals surface area contributed by atoms with Crippen LogP contribution >= 0.6 is 0 Å². The normalized spacial score (nSPS) is 24.0. The van der Waals surface area contributed by atoms with E-state index in [9.17, 15) is 14.7 Å². The molecule has 244 valence electrons. The maximum absolute atomic E-state index is 13.3. The van der Waals surface area contributed by atoms with Gasteiger partial charge in [-0.05, 0) is 66.9 Å². The fourth-order valence-corrected chi connectivity index (χ4v) is 13.2. The van der Waals surface area contributed by atoms with Crippen molar-refractivity contribution in [3.05, 3.63) is 0 Å². The Hall–Kier alpha value is -0.986. The van der Waals surface area contributed by atoms with Crippen molar-refractivity contribution in [2.45, 2.75) is 150 Å². The highest BCUT2D eigenvalue weighted by atomic mass is 28.4. The molecule has 0 aromatic heterocycles. The third-order valence-corrected chi connectivity index (χ3v) is 21.3. The zero-order valence-corrected chi connectivity index (χ0v) is 31.7. The van der Waals surface area contributed by atoms with E-state index >= 15 is 0 Å². The Morgan fingerprint density at radius 3 is 1.95 bits per heavy atom. The lowest BCUT2D eigenvalue weighted by atomic mass is 9.56. The average molecular weight is 625 g/mol. The lowest BCUT2D eigenvalue weighted by Crippen LogP contribution is -2.55. The zero-order valence-electron chi connectivity index (χ0n) is 29.7. The number of Topliss-reactive ketones (excluding diaryl/α,β-unsaturated/α-hetero) is 1. The summed E-state index contributed by atoms with van der Waals surface area (Å²) in [7, 11) is -4.29. The molecule has 1 aliphatic carbocycles. The van der Waals surface area contributed by atoms with Crippen molar-refractivity contribution in [3.8, 4) is 11.8 Å². The molecule has 42 heavy (non-hydrogen) atoms. The summed E-state index contributed by atoms with van der Waals surface area (Å²) in [4.78, 5) is 26.2. The topological polar surface area (TPSA) is 82.1 Å². The molecule has 1 N–H and O–H groups in total. The summed E-state index contributed by atoms with van der Waals surface area (Å²) in [5.41, 5.74) is 0.525. The molecule has 1 rings (SSSR count). The first-order valence-electron chi connectivity index (χ1n) is 16.2. The van der Waals surface area contributed by atoms with Crippen molar-refractivity contribution in [1.82, 2.24) is 0 Å². The summed E-state index contributed by atoms with van der Waals surface area (Å²) in [6.45, 7) is 33.0. The van der Waals surface area contributed by atoms with Crippen LogP contribution in [0.4, 0.5) is 0 Å². The fourth-order valence-electron chi connectivity index (χ4n) is 6.81. The average Bonchev–Trinajstić information content (AvgIpc) is 2.84. The molecule has 0 heterocycles. The van der Waals surface area contributed by atoms with Gasteiger partial charge in [-0.1, -0.05) is 82.1 Å². The molecule has 1 saturated carbocycles. The largest absolute Gasteiger partial charge is 0.465 e. The van der Waals surface area contributed by atoms with Crippen LogP contribution in [0.1, 0.15) is 109 Å². The van der Waals surface area contributed by atoms with Gasteiger partial charge in [0.1, 0.15) is 5.92 Å². The Morgan fingerprint density at radius 1 is 0.976 bits per heavy atom. The van der Waals surface area contributed by atoms with Gasteiger partial charge in [-0.25, -0.2) is 0 Å². The van der Waals surface area contributed by atoms with E-state index in [-0.39, 0.29) is 36.4 Å². The van der Waals surface area contributed by atoms with E-state index in [0.29, 0.717) is 29.7 Å². The smallest absolute Gasteiger partial charge is 0.317 e. The number of aliphatic hydroxyl groups is 1. The van der Waals surface area contributed by atoms with Crippen molar-refractivity contribution in [1.29, 1.82) is 0 Å². The summed E-state index contributed by atoms with van der Waals surface area (Å²) in [5.74, 6) is 4.95. The molecule has 8 heteroatoms. The minimum atomic E-state index is -2.16. The van der Waals surface area contributed by atoms with Gasteiger partial charge in [-0.15, -0.1) is 5.92 Å². The molecular weight excluding hydrogens is 561 g/mol. The van der Waals surface area contributed by atoms with Crippen LogP contribution in [0, 0.1) is 34.5 Å². The summed E-state index contributed by atoms with van der Waals surface area (Å²) in [5, 5.41) is 11.0. The van der Waals surface area contributed by atoms with E-state index in [4.69, 9.17) is 13.6 Å². The van der Waals surface area contributed by atoms with Crippen LogP contribution in [-0.4, -0.2) is 59.4 Å². The summed E-state index contributed by atoms with van der Waals surface area (Å²) < 4.78 is 18.5. The molecule has 0 aliphatic heterocycles. The second-order valence-electron chi connectivity index (χ2n) is 15.8. The van der Waals surface area contributed by atoms with Crippen LogP contribution in [0.2, 0.25) is 34.8 Å². The summed E-state index contributed by atoms with van der Waals surface area (Å²) in [6.07, 6.45) is 1.02. The summed E-state index contributed by atoms with van der Waals surface area (Å²) in [6, 6.07) is 0. The van der Waals surface area contributed by atoms with Gasteiger partial charge in [0.2, 0.25) is 0 Å². The van der Waals surface area contributed by atoms with E-state index in [1.165, 1.54) is 0 Å². The zero-order chi connectivity index (χ0) is 32.9. The molecule has 0 saturated heterocycles. The van der Waals surface area contributed by atoms with E-state index in [1.807, 2.05) is 0 Å². The number of rotatable bonds is 13. The number of aliphatic hydroxyl groups excluding tert-OH is 1. The van der Waals surface area contributed by atoms with Crippen LogP contribution in [0.15, 0.2) is 0 Å². The quantitative estimate of drug-likeness (QED) is 0.0964. The van der Waals surface area contributed by atoms with Gasteiger partial charge in [0.25, 0.3) is 0 Å². The van der Waals surface area contributed by atoms with E-state index < -0.39 is 45.5 Å². The first-order chi connectivity index (χ1) is 19.0. The highest BCUT2D eigenvalue weighted by Gasteiger charge is 2.53. The first kappa shape index (κ1) is 39.0. The third-order valence-electron chi connectivity index (χ3n) is 10.7. The van der Waals surface area contributed by atoms with Crippen molar-refractivity contribution in [2.24, 2.45) is 22.7 Å². The molecule has 0 amide bonds. The standard InChI is InChI=1S/C34H64O6Si2/c1-16-38-31(37)27(28(35)22-39-41(14,15)32(8,9)10)18-17-20-34(13)21-19-30(36)33(11,12)29(34)23-40-42(24(2)3,25(4)5)26(6)7/h24-27,29-30,36H,16,18-19,21-23H2,1-15H3/t27?,29-,30?,34-/m1/s1. The molecule has 0 aromatic carbocycles. The van der Waals surface area contributed by atoms with Gasteiger partial charge in [0.15, 0.2) is 22.4 Å². The van der Waals surface area contributed by atoms with E-state index in [2.05, 4.69) is 108 Å². The Morgan fingerprint density at radius 2 is 1.50 bits per heavy atom. The van der Waals surface area contributed by atoms with Gasteiger partial charge in [0.05, 0.1) is 19.3 Å². The number of hydrogen-bond donors (Lipinski definition) is 1. The lowest BCUT2D eigenvalue weighted by molar-refractivity contribution is -0.152. The van der Waals surface area contributed by atoms with Crippen LogP contribution in [-0.2, 0) is 23.2 Å². The molecule has 0 bridgehead atoms. The maximum atomic E-state index is 13.3.